The maximum absolute atomic E-state index is 12.6. The van der Waals surface area contributed by atoms with Gasteiger partial charge in [-0.15, -0.1) is 0 Å². The van der Waals surface area contributed by atoms with Crippen molar-refractivity contribution in [2.24, 2.45) is 0 Å². The summed E-state index contributed by atoms with van der Waals surface area (Å²) in [6.07, 6.45) is -0.137. The van der Waals surface area contributed by atoms with E-state index >= 15 is 0 Å². The van der Waals surface area contributed by atoms with Crippen LogP contribution in [-0.2, 0) is 16.1 Å². The van der Waals surface area contributed by atoms with E-state index < -0.39 is 6.04 Å². The van der Waals surface area contributed by atoms with Crippen LogP contribution in [0.1, 0.15) is 47.7 Å². The molecule has 21 heavy (non-hydrogen) atoms. The zero-order valence-corrected chi connectivity index (χ0v) is 12.2. The van der Waals surface area contributed by atoms with Crippen molar-refractivity contribution in [2.45, 2.75) is 38.8 Å². The minimum atomic E-state index is -0.539. The molecule has 1 aromatic rings. The van der Waals surface area contributed by atoms with Gasteiger partial charge < -0.3 is 10.2 Å². The highest BCUT2D eigenvalue weighted by Gasteiger charge is 2.39. The van der Waals surface area contributed by atoms with Crippen LogP contribution in [0.15, 0.2) is 18.2 Å². The second kappa shape index (κ2) is 4.98. The monoisotopic (exact) mass is 286 g/mol. The molecule has 5 nitrogen and oxygen atoms in total. The lowest BCUT2D eigenvalue weighted by Gasteiger charge is -2.29. The van der Waals surface area contributed by atoms with Crippen molar-refractivity contribution in [3.05, 3.63) is 34.9 Å². The van der Waals surface area contributed by atoms with Crippen molar-refractivity contribution in [1.29, 1.82) is 0 Å². The van der Waals surface area contributed by atoms with Gasteiger partial charge in [0.15, 0.2) is 5.78 Å². The maximum atomic E-state index is 12.6. The Labute approximate surface area is 123 Å². The fourth-order valence-electron chi connectivity index (χ4n) is 3.12. The molecule has 0 aromatic heterocycles. The number of benzene rings is 1. The zero-order valence-electron chi connectivity index (χ0n) is 12.2. The highest BCUT2D eigenvalue weighted by Crippen LogP contribution is 2.31. The number of piperidine rings is 1. The Morgan fingerprint density at radius 2 is 2.00 bits per heavy atom. The first-order valence-corrected chi connectivity index (χ1v) is 7.21. The molecule has 0 saturated carbocycles. The van der Waals surface area contributed by atoms with Gasteiger partial charge in [-0.2, -0.15) is 0 Å². The van der Waals surface area contributed by atoms with Crippen LogP contribution in [0.5, 0.6) is 0 Å². The van der Waals surface area contributed by atoms with E-state index in [1.165, 1.54) is 0 Å². The van der Waals surface area contributed by atoms with Crippen LogP contribution in [0.3, 0.4) is 0 Å². The van der Waals surface area contributed by atoms with E-state index in [9.17, 15) is 14.4 Å². The fourth-order valence-corrected chi connectivity index (χ4v) is 3.12. The van der Waals surface area contributed by atoms with Gasteiger partial charge in [-0.1, -0.05) is 26.0 Å². The number of hydrogen-bond donors (Lipinski definition) is 1. The molecule has 110 valence electrons. The van der Waals surface area contributed by atoms with Gasteiger partial charge in [0.05, 0.1) is 6.42 Å². The van der Waals surface area contributed by atoms with Crippen molar-refractivity contribution in [2.75, 3.05) is 6.54 Å². The molecule has 3 rings (SSSR count). The number of nitrogens with one attached hydrogen (secondary N) is 1. The van der Waals surface area contributed by atoms with E-state index in [2.05, 4.69) is 19.2 Å². The van der Waals surface area contributed by atoms with E-state index in [1.54, 1.807) is 4.90 Å². The van der Waals surface area contributed by atoms with Crippen LogP contribution >= 0.6 is 0 Å². The fraction of sp³-hybridized carbons (Fsp3) is 0.438. The predicted molar refractivity (Wildman–Crippen MR) is 76.8 cm³/mol. The molecule has 1 atom stereocenters. The first-order chi connectivity index (χ1) is 9.99. The topological polar surface area (TPSA) is 66.5 Å². The molecule has 5 heteroatoms. The summed E-state index contributed by atoms with van der Waals surface area (Å²) < 4.78 is 0. The molecule has 2 aliphatic rings. The summed E-state index contributed by atoms with van der Waals surface area (Å²) in [5.74, 6) is -0.217. The summed E-state index contributed by atoms with van der Waals surface area (Å²) in [6.45, 7) is 4.85. The van der Waals surface area contributed by atoms with Gasteiger partial charge in [-0.3, -0.25) is 14.4 Å². The molecule has 0 bridgehead atoms. The largest absolute Gasteiger partial charge is 0.353 e. The summed E-state index contributed by atoms with van der Waals surface area (Å²) in [7, 11) is 0. The molecule has 1 fully saturated rings. The molecule has 2 aliphatic heterocycles. The van der Waals surface area contributed by atoms with Crippen LogP contribution in [0, 0.1) is 0 Å². The highest BCUT2D eigenvalue weighted by molar-refractivity contribution is 6.07. The summed E-state index contributed by atoms with van der Waals surface area (Å²) in [5.41, 5.74) is 2.85. The minimum absolute atomic E-state index is 0.109. The van der Waals surface area contributed by atoms with Crippen molar-refractivity contribution < 1.29 is 14.4 Å². The van der Waals surface area contributed by atoms with E-state index in [1.807, 2.05) is 18.2 Å². The number of fused-ring (bicyclic) bond motifs is 1. The quantitative estimate of drug-likeness (QED) is 0.831. The minimum Gasteiger partial charge on any atom is -0.353 e. The van der Waals surface area contributed by atoms with E-state index in [-0.39, 0.29) is 30.6 Å². The molecule has 0 radical (unpaired) electrons. The van der Waals surface area contributed by atoms with Crippen LogP contribution in [0.2, 0.25) is 0 Å². The molecule has 1 unspecified atom stereocenters. The summed E-state index contributed by atoms with van der Waals surface area (Å²) in [6, 6.07) is 5.20. The van der Waals surface area contributed by atoms with Crippen LogP contribution in [0.25, 0.3) is 0 Å². The van der Waals surface area contributed by atoms with Gasteiger partial charge in [-0.05, 0) is 23.1 Å². The average Bonchev–Trinajstić information content (AvgIpc) is 2.76. The first-order valence-electron chi connectivity index (χ1n) is 7.21. The number of nitrogens with zero attached hydrogens (tertiary/aromatic N) is 1. The number of hydrogen-bond acceptors (Lipinski definition) is 3. The predicted octanol–water partition coefficient (Wildman–Crippen LogP) is 1.22. The Morgan fingerprint density at radius 1 is 1.24 bits per heavy atom. The molecule has 1 aromatic carbocycles. The van der Waals surface area contributed by atoms with Gasteiger partial charge >= 0.3 is 0 Å². The number of carbonyl (C=O) groups is 3. The third kappa shape index (κ3) is 2.22. The Hall–Kier alpha value is -2.17. The Morgan fingerprint density at radius 3 is 2.67 bits per heavy atom. The lowest BCUT2D eigenvalue weighted by Crippen LogP contribution is -2.53. The number of carbonyl (C=O) groups excluding carboxylic acids is 3. The molecule has 0 aliphatic carbocycles. The van der Waals surface area contributed by atoms with Crippen molar-refractivity contribution in [3.63, 3.8) is 0 Å². The van der Waals surface area contributed by atoms with Crippen LogP contribution < -0.4 is 5.32 Å². The Kier molecular flexibility index (Phi) is 3.27. The second-order valence-electron chi connectivity index (χ2n) is 5.92. The lowest BCUT2D eigenvalue weighted by atomic mass is 9.95. The van der Waals surface area contributed by atoms with E-state index in [0.29, 0.717) is 18.0 Å². The molecule has 1 N–H and O–H groups in total. The summed E-state index contributed by atoms with van der Waals surface area (Å²) in [4.78, 5) is 37.4. The van der Waals surface area contributed by atoms with E-state index in [0.717, 1.165) is 11.1 Å². The van der Waals surface area contributed by atoms with Crippen molar-refractivity contribution >= 4 is 17.6 Å². The third-order valence-corrected chi connectivity index (χ3v) is 4.23. The lowest BCUT2D eigenvalue weighted by molar-refractivity contribution is -0.134. The zero-order chi connectivity index (χ0) is 15.1. The van der Waals surface area contributed by atoms with Gasteiger partial charge in [0.25, 0.3) is 5.91 Å². The van der Waals surface area contributed by atoms with Gasteiger partial charge in [0.2, 0.25) is 5.91 Å². The van der Waals surface area contributed by atoms with Gasteiger partial charge in [0.1, 0.15) is 6.04 Å². The first kappa shape index (κ1) is 13.8. The molecular formula is C16H18N2O3. The number of Topliss-reactive ketones (excluding diaryl/α,β-unsaturated/α-hetero) is 1. The van der Waals surface area contributed by atoms with Gasteiger partial charge in [0, 0.05) is 18.7 Å². The second-order valence-corrected chi connectivity index (χ2v) is 5.92. The highest BCUT2D eigenvalue weighted by atomic mass is 16.2. The number of ketones is 1. The molecule has 2 amide bonds. The number of rotatable bonds is 2. The summed E-state index contributed by atoms with van der Waals surface area (Å²) >= 11 is 0. The Bertz CT molecular complexity index is 636. The molecule has 0 spiro atoms. The third-order valence-electron chi connectivity index (χ3n) is 4.23. The smallest absolute Gasteiger partial charge is 0.255 e. The van der Waals surface area contributed by atoms with Crippen molar-refractivity contribution in [3.8, 4) is 0 Å². The van der Waals surface area contributed by atoms with Gasteiger partial charge in [-0.25, -0.2) is 0 Å². The SMILES string of the molecule is CC(C)c1cccc2c1CN(C1CNC(=O)CC1=O)C2=O. The number of amides is 2. The van der Waals surface area contributed by atoms with E-state index in [4.69, 9.17) is 0 Å². The molecular weight excluding hydrogens is 268 g/mol. The van der Waals surface area contributed by atoms with Crippen LogP contribution in [0.4, 0.5) is 0 Å². The molecule has 1 saturated heterocycles. The van der Waals surface area contributed by atoms with Crippen molar-refractivity contribution in [1.82, 2.24) is 10.2 Å². The maximum Gasteiger partial charge on any atom is 0.255 e. The normalized spacial score (nSPS) is 21.8. The molecule has 2 heterocycles. The standard InChI is InChI=1S/C16H18N2O3/c1-9(2)10-4-3-5-11-12(10)8-18(16(11)21)13-7-17-15(20)6-14(13)19/h3-5,9,13H,6-8H2,1-2H3,(H,17,20). The van der Waals surface area contributed by atoms with Crippen LogP contribution in [-0.4, -0.2) is 35.1 Å². The average molecular weight is 286 g/mol. The summed E-state index contributed by atoms with van der Waals surface area (Å²) in [5, 5.41) is 2.67. The Balaban J connectivity index is 1.92.